The Balaban J connectivity index is 2.60. The van der Waals surface area contributed by atoms with E-state index in [-0.39, 0.29) is 17.0 Å². The molecule has 2 aromatic rings. The van der Waals surface area contributed by atoms with Gasteiger partial charge in [0.25, 0.3) is 0 Å². The second-order valence-electron chi connectivity index (χ2n) is 5.95. The van der Waals surface area contributed by atoms with E-state index in [2.05, 4.69) is 4.74 Å². The zero-order chi connectivity index (χ0) is 17.2. The molecular formula is C17H19NO5. The SMILES string of the molecule is COC(=O)c1cn(C(=O)OC(C)(C)C)c(-c2ccccc2)c1O. The maximum absolute atomic E-state index is 12.4. The fraction of sp³-hybridized carbons (Fsp3) is 0.294. The summed E-state index contributed by atoms with van der Waals surface area (Å²) in [5, 5.41) is 10.4. The number of rotatable bonds is 2. The zero-order valence-electron chi connectivity index (χ0n) is 13.5. The molecule has 2 rings (SSSR count). The summed E-state index contributed by atoms with van der Waals surface area (Å²) in [5.74, 6) is -1.06. The van der Waals surface area contributed by atoms with Crippen molar-refractivity contribution >= 4 is 12.1 Å². The molecule has 0 amide bonds. The van der Waals surface area contributed by atoms with E-state index in [0.29, 0.717) is 5.56 Å². The summed E-state index contributed by atoms with van der Waals surface area (Å²) in [5.41, 5.74) is -0.0560. The van der Waals surface area contributed by atoms with Gasteiger partial charge in [-0.15, -0.1) is 0 Å². The second-order valence-corrected chi connectivity index (χ2v) is 5.95. The molecule has 6 heteroatoms. The molecule has 0 radical (unpaired) electrons. The van der Waals surface area contributed by atoms with Gasteiger partial charge in [-0.1, -0.05) is 30.3 Å². The average Bonchev–Trinajstić information content (AvgIpc) is 2.83. The normalized spacial score (nSPS) is 11.1. The summed E-state index contributed by atoms with van der Waals surface area (Å²) in [6.45, 7) is 5.20. The molecule has 6 nitrogen and oxygen atoms in total. The van der Waals surface area contributed by atoms with Gasteiger partial charge in [0.15, 0.2) is 5.75 Å². The molecule has 0 aliphatic carbocycles. The quantitative estimate of drug-likeness (QED) is 0.859. The molecule has 0 fully saturated rings. The van der Waals surface area contributed by atoms with Crippen LogP contribution in [-0.2, 0) is 9.47 Å². The van der Waals surface area contributed by atoms with Gasteiger partial charge in [0.2, 0.25) is 0 Å². The number of carbonyl (C=O) groups excluding carboxylic acids is 2. The van der Waals surface area contributed by atoms with E-state index in [0.717, 1.165) is 4.57 Å². The van der Waals surface area contributed by atoms with Gasteiger partial charge in [0.05, 0.1) is 7.11 Å². The highest BCUT2D eigenvalue weighted by atomic mass is 16.6. The van der Waals surface area contributed by atoms with E-state index in [1.807, 2.05) is 6.07 Å². The number of hydrogen-bond donors (Lipinski definition) is 1. The summed E-state index contributed by atoms with van der Waals surface area (Å²) >= 11 is 0. The van der Waals surface area contributed by atoms with Crippen LogP contribution in [0.4, 0.5) is 4.79 Å². The number of carbonyl (C=O) groups is 2. The molecule has 0 unspecified atom stereocenters. The van der Waals surface area contributed by atoms with Gasteiger partial charge in [-0.2, -0.15) is 0 Å². The van der Waals surface area contributed by atoms with Gasteiger partial charge < -0.3 is 14.6 Å². The lowest BCUT2D eigenvalue weighted by atomic mass is 10.1. The van der Waals surface area contributed by atoms with Gasteiger partial charge in [-0.25, -0.2) is 14.2 Å². The molecule has 0 aliphatic rings. The molecule has 1 aromatic heterocycles. The number of benzene rings is 1. The standard InChI is InChI=1S/C17H19NO5/c1-17(2,3)23-16(21)18-10-12(15(20)22-4)14(19)13(18)11-8-6-5-7-9-11/h5-10,19H,1-4H3. The van der Waals surface area contributed by atoms with E-state index in [4.69, 9.17) is 4.74 Å². The third-order valence-corrected chi connectivity index (χ3v) is 3.02. The average molecular weight is 317 g/mol. The van der Waals surface area contributed by atoms with Gasteiger partial charge in [0.1, 0.15) is 16.9 Å². The van der Waals surface area contributed by atoms with E-state index in [1.54, 1.807) is 45.0 Å². The molecule has 23 heavy (non-hydrogen) atoms. The largest absolute Gasteiger partial charge is 0.505 e. The summed E-state index contributed by atoms with van der Waals surface area (Å²) < 4.78 is 11.1. The number of aromatic hydroxyl groups is 1. The van der Waals surface area contributed by atoms with Crippen LogP contribution in [0.15, 0.2) is 36.5 Å². The van der Waals surface area contributed by atoms with Crippen LogP contribution in [0.25, 0.3) is 11.3 Å². The van der Waals surface area contributed by atoms with Crippen molar-refractivity contribution in [2.45, 2.75) is 26.4 Å². The second kappa shape index (κ2) is 6.16. The minimum absolute atomic E-state index is 0.0998. The first-order chi connectivity index (χ1) is 10.7. The lowest BCUT2D eigenvalue weighted by molar-refractivity contribution is 0.0539. The van der Waals surface area contributed by atoms with Gasteiger partial charge in [-0.05, 0) is 20.8 Å². The Bertz CT molecular complexity index is 725. The summed E-state index contributed by atoms with van der Waals surface area (Å²) in [7, 11) is 1.20. The first-order valence-corrected chi connectivity index (χ1v) is 7.06. The smallest absolute Gasteiger partial charge is 0.419 e. The Hall–Kier alpha value is -2.76. The van der Waals surface area contributed by atoms with Crippen LogP contribution >= 0.6 is 0 Å². The zero-order valence-corrected chi connectivity index (χ0v) is 13.5. The Kier molecular flexibility index (Phi) is 4.45. The number of esters is 1. The highest BCUT2D eigenvalue weighted by molar-refractivity contribution is 5.97. The first-order valence-electron chi connectivity index (χ1n) is 7.06. The van der Waals surface area contributed by atoms with Crippen molar-refractivity contribution in [2.24, 2.45) is 0 Å². The molecule has 0 bridgehead atoms. The molecule has 122 valence electrons. The molecule has 0 atom stereocenters. The fourth-order valence-corrected chi connectivity index (χ4v) is 2.08. The predicted octanol–water partition coefficient (Wildman–Crippen LogP) is 3.43. The van der Waals surface area contributed by atoms with Crippen molar-refractivity contribution in [3.05, 3.63) is 42.1 Å². The van der Waals surface area contributed by atoms with Crippen molar-refractivity contribution < 1.29 is 24.2 Å². The summed E-state index contributed by atoms with van der Waals surface area (Å²) in [6, 6.07) is 8.77. The molecule has 1 N–H and O–H groups in total. The maximum atomic E-state index is 12.4. The van der Waals surface area contributed by atoms with Gasteiger partial charge in [-0.3, -0.25) is 0 Å². The summed E-state index contributed by atoms with van der Waals surface area (Å²) in [4.78, 5) is 24.2. The van der Waals surface area contributed by atoms with Crippen molar-refractivity contribution in [2.75, 3.05) is 7.11 Å². The Morgan fingerprint density at radius 2 is 1.74 bits per heavy atom. The first kappa shape index (κ1) is 16.6. The number of ether oxygens (including phenoxy) is 2. The number of hydrogen-bond acceptors (Lipinski definition) is 5. The molecule has 1 heterocycles. The van der Waals surface area contributed by atoms with Crippen molar-refractivity contribution in [1.29, 1.82) is 0 Å². The number of nitrogens with zero attached hydrogens (tertiary/aromatic N) is 1. The monoisotopic (exact) mass is 317 g/mol. The van der Waals surface area contributed by atoms with Gasteiger partial charge >= 0.3 is 12.1 Å². The van der Waals surface area contributed by atoms with E-state index < -0.39 is 17.7 Å². The number of aromatic nitrogens is 1. The predicted molar refractivity (Wildman–Crippen MR) is 84.5 cm³/mol. The molecule has 0 saturated heterocycles. The Morgan fingerprint density at radius 1 is 1.13 bits per heavy atom. The van der Waals surface area contributed by atoms with Crippen molar-refractivity contribution in [1.82, 2.24) is 4.57 Å². The van der Waals surface area contributed by atoms with Crippen LogP contribution < -0.4 is 0 Å². The molecule has 0 aliphatic heterocycles. The highest BCUT2D eigenvalue weighted by Crippen LogP contribution is 2.35. The molecule has 1 aromatic carbocycles. The lowest BCUT2D eigenvalue weighted by Gasteiger charge is -2.20. The molecular weight excluding hydrogens is 298 g/mol. The molecule has 0 spiro atoms. The third kappa shape index (κ3) is 3.53. The van der Waals surface area contributed by atoms with Crippen LogP contribution in [0.3, 0.4) is 0 Å². The Morgan fingerprint density at radius 3 is 2.26 bits per heavy atom. The van der Waals surface area contributed by atoms with Crippen molar-refractivity contribution in [3.63, 3.8) is 0 Å². The number of methoxy groups -OCH3 is 1. The third-order valence-electron chi connectivity index (χ3n) is 3.02. The minimum atomic E-state index is -0.734. The topological polar surface area (TPSA) is 77.8 Å². The van der Waals surface area contributed by atoms with Crippen LogP contribution in [0.2, 0.25) is 0 Å². The van der Waals surface area contributed by atoms with E-state index >= 15 is 0 Å². The Labute approximate surface area is 134 Å². The lowest BCUT2D eigenvalue weighted by Crippen LogP contribution is -2.27. The van der Waals surface area contributed by atoms with Gasteiger partial charge in [0, 0.05) is 11.8 Å². The van der Waals surface area contributed by atoms with Crippen LogP contribution in [0, 0.1) is 0 Å². The minimum Gasteiger partial charge on any atom is -0.505 e. The van der Waals surface area contributed by atoms with Crippen LogP contribution in [0.1, 0.15) is 31.1 Å². The fourth-order valence-electron chi connectivity index (χ4n) is 2.08. The summed E-state index contributed by atoms with van der Waals surface area (Å²) in [6.07, 6.45) is 0.527. The van der Waals surface area contributed by atoms with E-state index in [9.17, 15) is 14.7 Å². The molecule has 0 saturated carbocycles. The van der Waals surface area contributed by atoms with E-state index in [1.165, 1.54) is 13.3 Å². The highest BCUT2D eigenvalue weighted by Gasteiger charge is 2.27. The maximum Gasteiger partial charge on any atom is 0.419 e. The van der Waals surface area contributed by atoms with Crippen molar-refractivity contribution in [3.8, 4) is 17.0 Å². The van der Waals surface area contributed by atoms with Crippen LogP contribution in [-0.4, -0.2) is 34.4 Å². The van der Waals surface area contributed by atoms with Crippen LogP contribution in [0.5, 0.6) is 5.75 Å².